The summed E-state index contributed by atoms with van der Waals surface area (Å²) in [7, 11) is -0.878. The Bertz CT molecular complexity index is 651. The molecule has 0 spiro atoms. The lowest BCUT2D eigenvalue weighted by molar-refractivity contribution is 0.644. The molecule has 8 heteroatoms. The van der Waals surface area contributed by atoms with Crippen molar-refractivity contribution in [2.24, 2.45) is 4.99 Å². The van der Waals surface area contributed by atoms with Crippen molar-refractivity contribution in [1.29, 1.82) is 0 Å². The van der Waals surface area contributed by atoms with Gasteiger partial charge in [-0.3, -0.25) is 9.20 Å². The first-order valence-corrected chi connectivity index (χ1v) is 10.9. The molecule has 2 rings (SSSR count). The molecule has 5 nitrogen and oxygen atoms in total. The van der Waals surface area contributed by atoms with E-state index < -0.39 is 10.8 Å². The first-order valence-electron chi connectivity index (χ1n) is 9.23. The molecule has 1 aromatic carbocycles. The van der Waals surface area contributed by atoms with Crippen molar-refractivity contribution in [3.8, 4) is 0 Å². The van der Waals surface area contributed by atoms with Gasteiger partial charge in [0, 0.05) is 57.7 Å². The van der Waals surface area contributed by atoms with Gasteiger partial charge in [0.15, 0.2) is 5.96 Å². The summed E-state index contributed by atoms with van der Waals surface area (Å²) in [6.07, 6.45) is 1.05. The second-order valence-electron chi connectivity index (χ2n) is 7.48. The van der Waals surface area contributed by atoms with Gasteiger partial charge in [-0.15, -0.1) is 24.0 Å². The lowest BCUT2D eigenvalue weighted by Crippen LogP contribution is -2.44. The Kier molecular flexibility index (Phi) is 10.4. The zero-order valence-corrected chi connectivity index (χ0v) is 20.5. The second kappa shape index (κ2) is 11.5. The number of halogens is 2. The standard InChI is InChI=1S/C19H31ClN4OS.HI/c1-5-21-18(22-10-12-26(25)19(2,3)4)23-16-9-11-24(14-16)17-8-6-7-15(20)13-17;/h6-8,13,16H,5,9-12,14H2,1-4H3,(H2,21,22,23);1H. The Morgan fingerprint density at radius 3 is 2.78 bits per heavy atom. The first kappa shape index (κ1) is 24.5. The largest absolute Gasteiger partial charge is 0.369 e. The van der Waals surface area contributed by atoms with Gasteiger partial charge in [0.1, 0.15) is 0 Å². The normalized spacial score (nSPS) is 18.8. The maximum Gasteiger partial charge on any atom is 0.191 e. The molecule has 2 N–H and O–H groups in total. The van der Waals surface area contributed by atoms with Gasteiger partial charge in [0.25, 0.3) is 0 Å². The monoisotopic (exact) mass is 526 g/mol. The minimum Gasteiger partial charge on any atom is -0.369 e. The lowest BCUT2D eigenvalue weighted by Gasteiger charge is -2.21. The Morgan fingerprint density at radius 2 is 2.15 bits per heavy atom. The fourth-order valence-corrected chi connectivity index (χ4v) is 3.90. The van der Waals surface area contributed by atoms with Gasteiger partial charge in [-0.2, -0.15) is 0 Å². The third-order valence-corrected chi connectivity index (χ3v) is 6.43. The Labute approximate surface area is 188 Å². The average Bonchev–Trinajstić information content (AvgIpc) is 3.02. The minimum atomic E-state index is -0.878. The van der Waals surface area contributed by atoms with Crippen molar-refractivity contribution >= 4 is 58.0 Å². The average molecular weight is 527 g/mol. The number of benzene rings is 1. The van der Waals surface area contributed by atoms with Crippen LogP contribution in [0.3, 0.4) is 0 Å². The van der Waals surface area contributed by atoms with Crippen LogP contribution in [-0.4, -0.2) is 52.9 Å². The van der Waals surface area contributed by atoms with Crippen LogP contribution in [0.15, 0.2) is 29.3 Å². The fraction of sp³-hybridized carbons (Fsp3) is 0.632. The van der Waals surface area contributed by atoms with Crippen LogP contribution in [0.4, 0.5) is 5.69 Å². The third kappa shape index (κ3) is 8.15. The van der Waals surface area contributed by atoms with Crippen molar-refractivity contribution in [2.45, 2.75) is 44.9 Å². The molecule has 0 amide bonds. The Hall–Kier alpha value is -0.540. The van der Waals surface area contributed by atoms with E-state index in [0.717, 1.165) is 42.7 Å². The van der Waals surface area contributed by atoms with Crippen molar-refractivity contribution in [3.05, 3.63) is 29.3 Å². The highest BCUT2D eigenvalue weighted by Crippen LogP contribution is 2.23. The zero-order valence-electron chi connectivity index (χ0n) is 16.6. The molecule has 1 fully saturated rings. The predicted octanol–water partition coefficient (Wildman–Crippen LogP) is 3.64. The highest BCUT2D eigenvalue weighted by Gasteiger charge is 2.24. The number of hydrogen-bond acceptors (Lipinski definition) is 3. The van der Waals surface area contributed by atoms with Crippen LogP contribution in [0.1, 0.15) is 34.1 Å². The molecule has 0 aliphatic carbocycles. The molecule has 1 heterocycles. The summed E-state index contributed by atoms with van der Waals surface area (Å²) in [5.41, 5.74) is 1.16. The number of anilines is 1. The van der Waals surface area contributed by atoms with Gasteiger partial charge in [-0.1, -0.05) is 17.7 Å². The number of nitrogens with one attached hydrogen (secondary N) is 2. The zero-order chi connectivity index (χ0) is 19.2. The van der Waals surface area contributed by atoms with Gasteiger partial charge < -0.3 is 15.5 Å². The van der Waals surface area contributed by atoms with Crippen LogP contribution in [0.25, 0.3) is 0 Å². The third-order valence-electron chi connectivity index (χ3n) is 4.28. The van der Waals surface area contributed by atoms with Crippen molar-refractivity contribution < 1.29 is 4.21 Å². The van der Waals surface area contributed by atoms with Gasteiger partial charge in [-0.05, 0) is 52.3 Å². The van der Waals surface area contributed by atoms with E-state index in [0.29, 0.717) is 18.3 Å². The molecule has 0 aromatic heterocycles. The maximum absolute atomic E-state index is 12.2. The number of nitrogens with zero attached hydrogens (tertiary/aromatic N) is 2. The molecule has 2 unspecified atom stereocenters. The summed E-state index contributed by atoms with van der Waals surface area (Å²) in [6, 6.07) is 8.31. The Morgan fingerprint density at radius 1 is 1.41 bits per heavy atom. The SMILES string of the molecule is CCNC(=NCCS(=O)C(C)(C)C)NC1CCN(c2cccc(Cl)c2)C1.I. The van der Waals surface area contributed by atoms with Crippen LogP contribution in [-0.2, 0) is 10.8 Å². The number of rotatable bonds is 6. The summed E-state index contributed by atoms with van der Waals surface area (Å²) in [5.74, 6) is 1.38. The summed E-state index contributed by atoms with van der Waals surface area (Å²) >= 11 is 6.10. The summed E-state index contributed by atoms with van der Waals surface area (Å²) in [4.78, 5) is 6.94. The van der Waals surface area contributed by atoms with Crippen LogP contribution in [0.2, 0.25) is 5.02 Å². The van der Waals surface area contributed by atoms with Crippen LogP contribution < -0.4 is 15.5 Å². The summed E-state index contributed by atoms with van der Waals surface area (Å²) in [6.45, 7) is 11.3. The topological polar surface area (TPSA) is 56.7 Å². The van der Waals surface area contributed by atoms with Gasteiger partial charge >= 0.3 is 0 Å². The molecule has 0 saturated carbocycles. The first-order chi connectivity index (χ1) is 12.3. The van der Waals surface area contributed by atoms with E-state index >= 15 is 0 Å². The molecule has 1 aliphatic rings. The molecule has 1 aliphatic heterocycles. The molecular weight excluding hydrogens is 495 g/mol. The predicted molar refractivity (Wildman–Crippen MR) is 129 cm³/mol. The molecule has 1 saturated heterocycles. The van der Waals surface area contributed by atoms with E-state index in [-0.39, 0.29) is 28.7 Å². The van der Waals surface area contributed by atoms with Crippen LogP contribution >= 0.6 is 35.6 Å². The lowest BCUT2D eigenvalue weighted by atomic mass is 10.3. The van der Waals surface area contributed by atoms with E-state index in [2.05, 4.69) is 33.5 Å². The molecule has 0 radical (unpaired) electrons. The number of hydrogen-bond donors (Lipinski definition) is 2. The van der Waals surface area contributed by atoms with E-state index in [9.17, 15) is 4.21 Å². The number of guanidine groups is 1. The Balaban J connectivity index is 0.00000364. The van der Waals surface area contributed by atoms with Gasteiger partial charge in [0.2, 0.25) is 0 Å². The highest BCUT2D eigenvalue weighted by atomic mass is 127. The van der Waals surface area contributed by atoms with E-state index in [4.69, 9.17) is 11.6 Å². The number of aliphatic imine (C=N–C) groups is 1. The maximum atomic E-state index is 12.2. The van der Waals surface area contributed by atoms with Crippen LogP contribution in [0, 0.1) is 0 Å². The molecule has 0 bridgehead atoms. The molecule has 27 heavy (non-hydrogen) atoms. The van der Waals surface area contributed by atoms with Gasteiger partial charge in [0.05, 0.1) is 6.54 Å². The van der Waals surface area contributed by atoms with E-state index in [1.807, 2.05) is 39.0 Å². The van der Waals surface area contributed by atoms with Crippen molar-refractivity contribution in [2.75, 3.05) is 36.8 Å². The van der Waals surface area contributed by atoms with E-state index in [1.54, 1.807) is 0 Å². The summed E-state index contributed by atoms with van der Waals surface area (Å²) in [5, 5.41) is 7.56. The molecular formula is C19H32ClIN4OS. The second-order valence-corrected chi connectivity index (χ2v) is 10.2. The molecule has 2 atom stereocenters. The molecule has 154 valence electrons. The highest BCUT2D eigenvalue weighted by molar-refractivity contribution is 14.0. The fourth-order valence-electron chi connectivity index (χ4n) is 2.85. The van der Waals surface area contributed by atoms with Crippen LogP contribution in [0.5, 0.6) is 0 Å². The quantitative estimate of drug-likeness (QED) is 0.338. The summed E-state index contributed by atoms with van der Waals surface area (Å²) < 4.78 is 12.0. The van der Waals surface area contributed by atoms with E-state index in [1.165, 1.54) is 0 Å². The molecule has 1 aromatic rings. The van der Waals surface area contributed by atoms with Gasteiger partial charge in [-0.25, -0.2) is 0 Å². The minimum absolute atomic E-state index is 0. The smallest absolute Gasteiger partial charge is 0.191 e. The van der Waals surface area contributed by atoms with Crippen molar-refractivity contribution in [1.82, 2.24) is 10.6 Å². The van der Waals surface area contributed by atoms with Crippen molar-refractivity contribution in [3.63, 3.8) is 0 Å².